The number of halogens is 3. The molecule has 1 atom stereocenters. The van der Waals surface area contributed by atoms with Crippen LogP contribution in [0.3, 0.4) is 0 Å². The number of aliphatic carboxylic acids is 1. The Labute approximate surface area is 136 Å². The Morgan fingerprint density at radius 1 is 1.42 bits per heavy atom. The number of hydrogen-bond donors (Lipinski definition) is 2. The van der Waals surface area contributed by atoms with Crippen molar-refractivity contribution in [2.24, 2.45) is 5.92 Å². The fourth-order valence-corrected chi connectivity index (χ4v) is 2.43. The topological polar surface area (TPSA) is 78.9 Å². The molecule has 0 aromatic heterocycles. The number of alkyl halides is 2. The quantitative estimate of drug-likeness (QED) is 0.859. The molecule has 2 amide bonds. The Kier molecular flexibility index (Phi) is 5.88. The highest BCUT2D eigenvalue weighted by molar-refractivity contribution is 5.91. The van der Waals surface area contributed by atoms with Gasteiger partial charge in [-0.1, -0.05) is 0 Å². The summed E-state index contributed by atoms with van der Waals surface area (Å²) in [5.41, 5.74) is 0.0412. The van der Waals surface area contributed by atoms with Crippen LogP contribution in [-0.4, -0.2) is 48.1 Å². The van der Waals surface area contributed by atoms with Crippen LogP contribution in [0.15, 0.2) is 18.2 Å². The number of anilines is 1. The first-order valence-corrected chi connectivity index (χ1v) is 7.36. The van der Waals surface area contributed by atoms with Gasteiger partial charge in [-0.3, -0.25) is 4.79 Å². The first-order chi connectivity index (χ1) is 11.4. The number of benzene rings is 1. The van der Waals surface area contributed by atoms with Crippen LogP contribution in [0.25, 0.3) is 0 Å². The van der Waals surface area contributed by atoms with E-state index >= 15 is 0 Å². The average molecular weight is 346 g/mol. The van der Waals surface area contributed by atoms with Crippen LogP contribution >= 0.6 is 0 Å². The predicted molar refractivity (Wildman–Crippen MR) is 78.9 cm³/mol. The maximum atomic E-state index is 13.2. The summed E-state index contributed by atoms with van der Waals surface area (Å²) in [4.78, 5) is 24.6. The SMILES string of the molecule is O=C(O)C1CCCN(C(=O)Nc2ccc(F)cc2OCC(F)F)C1. The minimum absolute atomic E-state index is 0.0412. The molecule has 1 aliphatic rings. The summed E-state index contributed by atoms with van der Waals surface area (Å²) in [6, 6.07) is 2.57. The Morgan fingerprint density at radius 3 is 2.83 bits per heavy atom. The summed E-state index contributed by atoms with van der Waals surface area (Å²) >= 11 is 0. The van der Waals surface area contributed by atoms with Gasteiger partial charge in [-0.25, -0.2) is 18.0 Å². The van der Waals surface area contributed by atoms with Crippen molar-refractivity contribution in [1.82, 2.24) is 4.90 Å². The Hall–Kier alpha value is -2.45. The van der Waals surface area contributed by atoms with Gasteiger partial charge in [0.2, 0.25) is 0 Å². The molecule has 2 N–H and O–H groups in total. The summed E-state index contributed by atoms with van der Waals surface area (Å²) in [7, 11) is 0. The molecule has 132 valence electrons. The average Bonchev–Trinajstić information content (AvgIpc) is 2.55. The minimum Gasteiger partial charge on any atom is -0.485 e. The number of carboxylic acid groups (broad SMARTS) is 1. The molecule has 1 aromatic rings. The van der Waals surface area contributed by atoms with Crippen molar-refractivity contribution in [3.63, 3.8) is 0 Å². The van der Waals surface area contributed by atoms with Crippen molar-refractivity contribution in [3.8, 4) is 5.75 Å². The van der Waals surface area contributed by atoms with Gasteiger partial charge in [0.25, 0.3) is 6.43 Å². The van der Waals surface area contributed by atoms with Crippen LogP contribution in [0, 0.1) is 11.7 Å². The lowest BCUT2D eigenvalue weighted by molar-refractivity contribution is -0.143. The van der Waals surface area contributed by atoms with E-state index in [0.29, 0.717) is 19.4 Å². The second-order valence-corrected chi connectivity index (χ2v) is 5.40. The number of likely N-dealkylation sites (tertiary alicyclic amines) is 1. The molecule has 0 aliphatic carbocycles. The fraction of sp³-hybridized carbons (Fsp3) is 0.467. The highest BCUT2D eigenvalue weighted by Crippen LogP contribution is 2.27. The monoisotopic (exact) mass is 346 g/mol. The van der Waals surface area contributed by atoms with E-state index < -0.39 is 36.8 Å². The summed E-state index contributed by atoms with van der Waals surface area (Å²) in [5.74, 6) is -2.53. The molecule has 24 heavy (non-hydrogen) atoms. The fourth-order valence-electron chi connectivity index (χ4n) is 2.43. The van der Waals surface area contributed by atoms with Crippen molar-refractivity contribution < 1.29 is 32.6 Å². The molecular formula is C15H17F3N2O4. The second kappa shape index (κ2) is 7.89. The number of carbonyl (C=O) groups is 2. The molecule has 0 saturated carbocycles. The van der Waals surface area contributed by atoms with E-state index in [-0.39, 0.29) is 18.0 Å². The van der Waals surface area contributed by atoms with Gasteiger partial charge >= 0.3 is 12.0 Å². The standard InChI is InChI=1S/C15H17F3N2O4/c16-10-3-4-11(12(6-10)24-8-13(17)18)19-15(23)20-5-1-2-9(7-20)14(21)22/h3-4,6,9,13H,1-2,5,7-8H2,(H,19,23)(H,21,22). The number of rotatable bonds is 5. The van der Waals surface area contributed by atoms with Crippen LogP contribution in [-0.2, 0) is 4.79 Å². The number of piperidine rings is 1. The molecule has 1 heterocycles. The summed E-state index contributed by atoms with van der Waals surface area (Å²) < 4.78 is 42.6. The van der Waals surface area contributed by atoms with Gasteiger partial charge in [0, 0.05) is 19.2 Å². The lowest BCUT2D eigenvalue weighted by atomic mass is 9.99. The Balaban J connectivity index is 2.06. The van der Waals surface area contributed by atoms with Crippen LogP contribution in [0.1, 0.15) is 12.8 Å². The third-order valence-corrected chi connectivity index (χ3v) is 3.61. The lowest BCUT2D eigenvalue weighted by Crippen LogP contribution is -2.44. The second-order valence-electron chi connectivity index (χ2n) is 5.40. The first kappa shape index (κ1) is 17.9. The number of carbonyl (C=O) groups excluding carboxylic acids is 1. The van der Waals surface area contributed by atoms with Gasteiger partial charge in [0.15, 0.2) is 0 Å². The van der Waals surface area contributed by atoms with Crippen LogP contribution < -0.4 is 10.1 Å². The van der Waals surface area contributed by atoms with Crippen molar-refractivity contribution >= 4 is 17.7 Å². The number of hydrogen-bond acceptors (Lipinski definition) is 3. The highest BCUT2D eigenvalue weighted by Gasteiger charge is 2.28. The molecule has 1 fully saturated rings. The molecule has 0 bridgehead atoms. The van der Waals surface area contributed by atoms with Crippen molar-refractivity contribution in [2.45, 2.75) is 19.3 Å². The third-order valence-electron chi connectivity index (χ3n) is 3.61. The van der Waals surface area contributed by atoms with E-state index in [1.165, 1.54) is 11.0 Å². The maximum Gasteiger partial charge on any atom is 0.321 e. The zero-order valence-electron chi connectivity index (χ0n) is 12.7. The molecule has 6 nitrogen and oxygen atoms in total. The maximum absolute atomic E-state index is 13.2. The van der Waals surface area contributed by atoms with E-state index in [2.05, 4.69) is 5.32 Å². The van der Waals surface area contributed by atoms with E-state index in [0.717, 1.165) is 12.1 Å². The number of carboxylic acids is 1. The largest absolute Gasteiger partial charge is 0.485 e. The number of nitrogens with one attached hydrogen (secondary N) is 1. The minimum atomic E-state index is -2.74. The zero-order valence-corrected chi connectivity index (χ0v) is 12.7. The van der Waals surface area contributed by atoms with Gasteiger partial charge in [0.1, 0.15) is 18.2 Å². The first-order valence-electron chi connectivity index (χ1n) is 7.36. The predicted octanol–water partition coefficient (Wildman–Crippen LogP) is 2.80. The van der Waals surface area contributed by atoms with Crippen molar-refractivity contribution in [1.29, 1.82) is 0 Å². The molecule has 2 rings (SSSR count). The number of urea groups is 1. The van der Waals surface area contributed by atoms with Crippen LogP contribution in [0.5, 0.6) is 5.75 Å². The van der Waals surface area contributed by atoms with Crippen LogP contribution in [0.4, 0.5) is 23.7 Å². The number of amides is 2. The molecule has 1 aromatic carbocycles. The summed E-state index contributed by atoms with van der Waals surface area (Å²) in [5, 5.41) is 11.5. The Bertz CT molecular complexity index is 612. The van der Waals surface area contributed by atoms with Crippen molar-refractivity contribution in [3.05, 3.63) is 24.0 Å². The smallest absolute Gasteiger partial charge is 0.321 e. The van der Waals surface area contributed by atoms with Crippen molar-refractivity contribution in [2.75, 3.05) is 25.0 Å². The van der Waals surface area contributed by atoms with Gasteiger partial charge in [-0.05, 0) is 25.0 Å². The number of ether oxygens (including phenoxy) is 1. The molecule has 1 unspecified atom stereocenters. The lowest BCUT2D eigenvalue weighted by Gasteiger charge is -2.30. The highest BCUT2D eigenvalue weighted by atomic mass is 19.3. The van der Waals surface area contributed by atoms with Crippen LogP contribution in [0.2, 0.25) is 0 Å². The summed E-state index contributed by atoms with van der Waals surface area (Å²) in [6.45, 7) is -0.503. The van der Waals surface area contributed by atoms with E-state index in [1.54, 1.807) is 0 Å². The molecular weight excluding hydrogens is 329 g/mol. The van der Waals surface area contributed by atoms with E-state index in [4.69, 9.17) is 9.84 Å². The van der Waals surface area contributed by atoms with Gasteiger partial charge in [0.05, 0.1) is 11.6 Å². The molecule has 1 saturated heterocycles. The van der Waals surface area contributed by atoms with Gasteiger partial charge in [-0.15, -0.1) is 0 Å². The summed E-state index contributed by atoms with van der Waals surface area (Å²) in [6.07, 6.45) is -1.71. The molecule has 9 heteroatoms. The third kappa shape index (κ3) is 4.77. The molecule has 1 aliphatic heterocycles. The number of nitrogens with zero attached hydrogens (tertiary/aromatic N) is 1. The van der Waals surface area contributed by atoms with E-state index in [1.807, 2.05) is 0 Å². The van der Waals surface area contributed by atoms with Gasteiger partial charge in [-0.2, -0.15) is 0 Å². The molecule has 0 radical (unpaired) electrons. The molecule has 0 spiro atoms. The normalized spacial score (nSPS) is 17.7. The Morgan fingerprint density at radius 2 is 2.17 bits per heavy atom. The van der Waals surface area contributed by atoms with E-state index in [9.17, 15) is 22.8 Å². The van der Waals surface area contributed by atoms with Gasteiger partial charge < -0.3 is 20.1 Å². The zero-order chi connectivity index (χ0) is 17.7.